The molecule has 2 aliphatic heterocycles. The molecule has 0 N–H and O–H groups in total. The number of hydrogen-bond donors (Lipinski definition) is 0. The Morgan fingerprint density at radius 3 is 1.35 bits per heavy atom. The van der Waals surface area contributed by atoms with E-state index in [1.54, 1.807) is 0 Å². The predicted octanol–water partition coefficient (Wildman–Crippen LogP) is 12.9. The van der Waals surface area contributed by atoms with Crippen LogP contribution < -0.4 is 0 Å². The van der Waals surface area contributed by atoms with Crippen molar-refractivity contribution in [3.8, 4) is 0 Å². The van der Waals surface area contributed by atoms with Crippen molar-refractivity contribution in [1.82, 2.24) is 0 Å². The van der Waals surface area contributed by atoms with Crippen LogP contribution in [0.3, 0.4) is 0 Å². The van der Waals surface area contributed by atoms with Crippen LogP contribution in [-0.2, 0) is 0 Å². The highest BCUT2D eigenvalue weighted by Gasteiger charge is 2.30. The standard InChI is InChI=1S/C26H36S8/c1-3-5-7-9-11-13-15-27-21-17-19-23(31-21)33-25(29-19)26-30-20-18-22(32-24(20)34-26)28-16-14-12-10-8-6-4-2/h17-18H,3-16H2,1-2H3/b26-25+. The SMILES string of the molecule is CCCCCCCCSc1cc2c(s1)S/C(=C1\Sc3cc(SCCCCCCCC)sc3S1)S2. The quantitative estimate of drug-likeness (QED) is 0.137. The van der Waals surface area contributed by atoms with Gasteiger partial charge in [-0.05, 0) is 36.5 Å². The summed E-state index contributed by atoms with van der Waals surface area (Å²) in [5.74, 6) is 2.56. The molecule has 34 heavy (non-hydrogen) atoms. The summed E-state index contributed by atoms with van der Waals surface area (Å²) >= 11 is 16.2. The van der Waals surface area contributed by atoms with Gasteiger partial charge in [-0.1, -0.05) is 125 Å². The van der Waals surface area contributed by atoms with Gasteiger partial charge in [0.2, 0.25) is 0 Å². The van der Waals surface area contributed by atoms with Gasteiger partial charge in [0.25, 0.3) is 0 Å². The molecule has 0 bridgehead atoms. The highest BCUT2D eigenvalue weighted by molar-refractivity contribution is 8.31. The molecule has 0 spiro atoms. The lowest BCUT2D eigenvalue weighted by Crippen LogP contribution is -1.81. The van der Waals surface area contributed by atoms with E-state index in [0.29, 0.717) is 0 Å². The molecule has 8 heteroatoms. The van der Waals surface area contributed by atoms with Gasteiger partial charge in [-0.2, -0.15) is 0 Å². The molecule has 0 radical (unpaired) electrons. The predicted molar refractivity (Wildman–Crippen MR) is 167 cm³/mol. The summed E-state index contributed by atoms with van der Waals surface area (Å²) in [6, 6.07) is 4.90. The Morgan fingerprint density at radius 1 is 0.529 bits per heavy atom. The average Bonchev–Trinajstić information content (AvgIpc) is 3.57. The van der Waals surface area contributed by atoms with Crippen molar-refractivity contribution < 1.29 is 0 Å². The first-order chi connectivity index (χ1) is 16.8. The average molecular weight is 605 g/mol. The molecule has 4 heterocycles. The Hall–Kier alpha value is 1.24. The molecule has 0 unspecified atom stereocenters. The highest BCUT2D eigenvalue weighted by atomic mass is 32.2. The zero-order chi connectivity index (χ0) is 23.6. The molecule has 0 amide bonds. The van der Waals surface area contributed by atoms with E-state index in [-0.39, 0.29) is 0 Å². The largest absolute Gasteiger partial charge is 0.121 e. The maximum Gasteiger partial charge on any atom is 0.0804 e. The smallest absolute Gasteiger partial charge is 0.0804 e. The molecule has 0 saturated heterocycles. The highest BCUT2D eigenvalue weighted by Crippen LogP contribution is 2.65. The van der Waals surface area contributed by atoms with Crippen LogP contribution in [0.4, 0.5) is 0 Å². The third kappa shape index (κ3) is 8.64. The Labute approximate surface area is 240 Å². The molecule has 0 nitrogen and oxygen atoms in total. The third-order valence-corrected chi connectivity index (χ3v) is 16.6. The van der Waals surface area contributed by atoms with Crippen LogP contribution in [0.1, 0.15) is 90.9 Å². The first kappa shape index (κ1) is 28.3. The van der Waals surface area contributed by atoms with E-state index < -0.39 is 0 Å². The van der Waals surface area contributed by atoms with E-state index in [0.717, 1.165) is 0 Å². The summed E-state index contributed by atoms with van der Waals surface area (Å²) in [6.45, 7) is 4.58. The minimum absolute atomic E-state index is 1.28. The molecule has 0 fully saturated rings. The zero-order valence-electron chi connectivity index (χ0n) is 20.3. The van der Waals surface area contributed by atoms with Crippen LogP contribution in [0.2, 0.25) is 0 Å². The maximum atomic E-state index is 2.45. The van der Waals surface area contributed by atoms with Gasteiger partial charge in [-0.3, -0.25) is 0 Å². The van der Waals surface area contributed by atoms with Gasteiger partial charge in [-0.25, -0.2) is 0 Å². The lowest BCUT2D eigenvalue weighted by molar-refractivity contribution is 0.627. The third-order valence-electron chi connectivity index (χ3n) is 5.71. The molecule has 188 valence electrons. The summed E-state index contributed by atoms with van der Waals surface area (Å²) in [4.78, 5) is 2.99. The Bertz CT molecular complexity index is 800. The number of hydrogen-bond acceptors (Lipinski definition) is 8. The van der Waals surface area contributed by atoms with Gasteiger partial charge in [0.05, 0.1) is 25.3 Å². The zero-order valence-corrected chi connectivity index (χ0v) is 26.9. The summed E-state index contributed by atoms with van der Waals surface area (Å²) < 4.78 is 9.08. The molecule has 2 aromatic rings. The van der Waals surface area contributed by atoms with Gasteiger partial charge >= 0.3 is 0 Å². The topological polar surface area (TPSA) is 0 Å². The number of rotatable bonds is 16. The summed E-state index contributed by atoms with van der Waals surface area (Å²) in [5, 5.41) is 0. The van der Waals surface area contributed by atoms with E-state index in [1.807, 2.05) is 69.7 Å². The fraction of sp³-hybridized carbons (Fsp3) is 0.615. The van der Waals surface area contributed by atoms with Crippen LogP contribution in [0, 0.1) is 0 Å². The second kappa shape index (κ2) is 15.6. The van der Waals surface area contributed by atoms with Crippen molar-refractivity contribution in [2.45, 2.75) is 118 Å². The van der Waals surface area contributed by atoms with Gasteiger partial charge in [0, 0.05) is 9.79 Å². The van der Waals surface area contributed by atoms with Crippen molar-refractivity contribution in [3.05, 3.63) is 20.6 Å². The van der Waals surface area contributed by atoms with Crippen molar-refractivity contribution >= 4 is 93.2 Å². The van der Waals surface area contributed by atoms with E-state index >= 15 is 0 Å². The fourth-order valence-electron chi connectivity index (χ4n) is 3.79. The van der Waals surface area contributed by atoms with Crippen LogP contribution >= 0.6 is 93.2 Å². The lowest BCUT2D eigenvalue weighted by atomic mass is 10.1. The Balaban J connectivity index is 1.16. The van der Waals surface area contributed by atoms with Crippen molar-refractivity contribution in [2.75, 3.05) is 11.5 Å². The van der Waals surface area contributed by atoms with Crippen molar-refractivity contribution in [1.29, 1.82) is 0 Å². The van der Waals surface area contributed by atoms with Crippen molar-refractivity contribution in [3.63, 3.8) is 0 Å². The summed E-state index contributed by atoms with van der Waals surface area (Å²) in [5.41, 5.74) is 0. The van der Waals surface area contributed by atoms with E-state index in [2.05, 4.69) is 49.5 Å². The van der Waals surface area contributed by atoms with Crippen LogP contribution in [0.5, 0.6) is 0 Å². The minimum Gasteiger partial charge on any atom is -0.121 e. The number of unbranched alkanes of at least 4 members (excludes halogenated alkanes) is 10. The second-order valence-corrected chi connectivity index (χ2v) is 18.7. The van der Waals surface area contributed by atoms with Crippen LogP contribution in [-0.4, -0.2) is 11.5 Å². The molecule has 0 saturated carbocycles. The number of thioether (sulfide) groups is 6. The van der Waals surface area contributed by atoms with Gasteiger partial charge in [0.15, 0.2) is 0 Å². The van der Waals surface area contributed by atoms with E-state index in [4.69, 9.17) is 0 Å². The maximum absolute atomic E-state index is 2.45. The first-order valence-electron chi connectivity index (χ1n) is 12.8. The van der Waals surface area contributed by atoms with Crippen LogP contribution in [0.15, 0.2) is 47.2 Å². The Morgan fingerprint density at radius 2 is 0.941 bits per heavy atom. The molecule has 2 aromatic heterocycles. The molecule has 4 rings (SSSR count). The first-order valence-corrected chi connectivity index (χ1v) is 19.6. The minimum atomic E-state index is 1.28. The Kier molecular flexibility index (Phi) is 13.0. The lowest BCUT2D eigenvalue weighted by Gasteiger charge is -2.02. The molecule has 2 aliphatic rings. The fourth-order valence-corrected chi connectivity index (χ4v) is 15.4. The number of fused-ring (bicyclic) bond motifs is 2. The summed E-state index contributed by atoms with van der Waals surface area (Å²) in [7, 11) is 0. The molecule has 0 aliphatic carbocycles. The van der Waals surface area contributed by atoms with Gasteiger partial charge < -0.3 is 0 Å². The molecule has 0 aromatic carbocycles. The van der Waals surface area contributed by atoms with Crippen molar-refractivity contribution in [2.24, 2.45) is 0 Å². The summed E-state index contributed by atoms with van der Waals surface area (Å²) in [6.07, 6.45) is 16.7. The molecule has 0 atom stereocenters. The molecular weight excluding hydrogens is 569 g/mol. The number of thiophene rings is 2. The van der Waals surface area contributed by atoms with E-state index in [9.17, 15) is 0 Å². The van der Waals surface area contributed by atoms with E-state index in [1.165, 1.54) is 124 Å². The van der Waals surface area contributed by atoms with Gasteiger partial charge in [0.1, 0.15) is 0 Å². The monoisotopic (exact) mass is 604 g/mol. The van der Waals surface area contributed by atoms with Crippen LogP contribution in [0.25, 0.3) is 0 Å². The molecular formula is C26H36S8. The van der Waals surface area contributed by atoms with Gasteiger partial charge in [-0.15, -0.1) is 46.2 Å². The normalized spacial score (nSPS) is 17.0. The second-order valence-electron chi connectivity index (χ2n) is 8.65.